The van der Waals surface area contributed by atoms with Gasteiger partial charge in [-0.25, -0.2) is 9.18 Å². The van der Waals surface area contributed by atoms with Crippen molar-refractivity contribution in [1.82, 2.24) is 10.2 Å². The largest absolute Gasteiger partial charge is 0.493 e. The first-order valence-corrected chi connectivity index (χ1v) is 8.41. The van der Waals surface area contributed by atoms with E-state index in [4.69, 9.17) is 9.47 Å². The van der Waals surface area contributed by atoms with E-state index in [0.717, 1.165) is 10.5 Å². The van der Waals surface area contributed by atoms with E-state index in [9.17, 15) is 14.0 Å². The molecule has 2 aromatic rings. The summed E-state index contributed by atoms with van der Waals surface area (Å²) in [5.41, 5.74) is 1.72. The normalized spacial score (nSPS) is 15.2. The number of ether oxygens (including phenoxy) is 2. The number of likely N-dealkylation sites (N-methyl/N-ethyl adjacent to an activating group) is 1. The van der Waals surface area contributed by atoms with Gasteiger partial charge in [0.15, 0.2) is 11.5 Å². The second kappa shape index (κ2) is 7.90. The van der Waals surface area contributed by atoms with Crippen LogP contribution in [-0.4, -0.2) is 30.5 Å². The van der Waals surface area contributed by atoms with E-state index in [1.165, 1.54) is 19.2 Å². The van der Waals surface area contributed by atoms with E-state index in [0.29, 0.717) is 23.6 Å². The van der Waals surface area contributed by atoms with Gasteiger partial charge in [-0.15, -0.1) is 0 Å². The third-order valence-electron chi connectivity index (χ3n) is 4.08. The van der Waals surface area contributed by atoms with E-state index >= 15 is 0 Å². The molecule has 1 N–H and O–H groups in total. The Morgan fingerprint density at radius 2 is 1.85 bits per heavy atom. The van der Waals surface area contributed by atoms with Gasteiger partial charge in [-0.2, -0.15) is 0 Å². The summed E-state index contributed by atoms with van der Waals surface area (Å²) >= 11 is 0. The molecule has 0 bridgehead atoms. The predicted octanol–water partition coefficient (Wildman–Crippen LogP) is 3.33. The molecule has 6 nitrogen and oxygen atoms in total. The lowest BCUT2D eigenvalue weighted by molar-refractivity contribution is -0.122. The van der Waals surface area contributed by atoms with E-state index in [1.54, 1.807) is 43.3 Å². The number of hydrogen-bond acceptors (Lipinski definition) is 4. The second-order valence-corrected chi connectivity index (χ2v) is 5.86. The number of carbonyl (C=O) groups is 2. The second-order valence-electron chi connectivity index (χ2n) is 5.86. The first-order valence-electron chi connectivity index (χ1n) is 8.41. The highest BCUT2D eigenvalue weighted by molar-refractivity contribution is 6.13. The number of methoxy groups -OCH3 is 1. The molecular formula is C20H19FN2O4. The summed E-state index contributed by atoms with van der Waals surface area (Å²) in [5, 5.41) is 2.55. The first kappa shape index (κ1) is 18.4. The van der Waals surface area contributed by atoms with Crippen LogP contribution in [0, 0.1) is 5.82 Å². The average Bonchev–Trinajstić information content (AvgIpc) is 2.94. The molecule has 0 radical (unpaired) electrons. The molecule has 1 aliphatic heterocycles. The molecule has 7 heteroatoms. The Hall–Kier alpha value is -3.35. The average molecular weight is 370 g/mol. The van der Waals surface area contributed by atoms with Crippen molar-refractivity contribution in [2.45, 2.75) is 13.5 Å². The van der Waals surface area contributed by atoms with Crippen LogP contribution < -0.4 is 14.8 Å². The lowest BCUT2D eigenvalue weighted by atomic mass is 10.1. The first-order chi connectivity index (χ1) is 13.0. The zero-order chi connectivity index (χ0) is 19.4. The summed E-state index contributed by atoms with van der Waals surface area (Å²) in [4.78, 5) is 25.0. The van der Waals surface area contributed by atoms with Gasteiger partial charge in [-0.1, -0.05) is 18.2 Å². The van der Waals surface area contributed by atoms with Gasteiger partial charge in [-0.3, -0.25) is 9.69 Å². The third-order valence-corrected chi connectivity index (χ3v) is 4.08. The van der Waals surface area contributed by atoms with Crippen molar-refractivity contribution in [2.24, 2.45) is 0 Å². The van der Waals surface area contributed by atoms with Crippen LogP contribution in [0.5, 0.6) is 11.5 Å². The fourth-order valence-electron chi connectivity index (χ4n) is 2.66. The van der Waals surface area contributed by atoms with Crippen LogP contribution in [0.15, 0.2) is 48.2 Å². The minimum atomic E-state index is -0.431. The van der Waals surface area contributed by atoms with Gasteiger partial charge in [-0.05, 0) is 48.4 Å². The quantitative estimate of drug-likeness (QED) is 0.626. The number of amides is 3. The Labute approximate surface area is 156 Å². The molecule has 0 aromatic heterocycles. The van der Waals surface area contributed by atoms with Crippen LogP contribution in [0.3, 0.4) is 0 Å². The van der Waals surface area contributed by atoms with Crippen LogP contribution in [0.2, 0.25) is 0 Å². The number of hydrogen-bond donors (Lipinski definition) is 1. The minimum absolute atomic E-state index is 0.212. The summed E-state index contributed by atoms with van der Waals surface area (Å²) in [5.74, 6) is 0.332. The van der Waals surface area contributed by atoms with Crippen molar-refractivity contribution >= 4 is 18.0 Å². The number of urea groups is 1. The van der Waals surface area contributed by atoms with Gasteiger partial charge in [0.25, 0.3) is 5.91 Å². The maximum absolute atomic E-state index is 13.0. The molecule has 3 amide bonds. The highest BCUT2D eigenvalue weighted by Crippen LogP contribution is 2.30. The van der Waals surface area contributed by atoms with E-state index < -0.39 is 6.03 Å². The maximum atomic E-state index is 13.0. The Kier molecular flexibility index (Phi) is 5.40. The van der Waals surface area contributed by atoms with Crippen LogP contribution in [0.25, 0.3) is 6.08 Å². The molecule has 0 aliphatic carbocycles. The van der Waals surface area contributed by atoms with Crippen molar-refractivity contribution < 1.29 is 23.5 Å². The zero-order valence-electron chi connectivity index (χ0n) is 15.0. The van der Waals surface area contributed by atoms with Gasteiger partial charge >= 0.3 is 6.03 Å². The summed E-state index contributed by atoms with van der Waals surface area (Å²) < 4.78 is 24.0. The van der Waals surface area contributed by atoms with E-state index in [-0.39, 0.29) is 24.0 Å². The summed E-state index contributed by atoms with van der Waals surface area (Å²) in [6.07, 6.45) is 1.59. The Morgan fingerprint density at radius 1 is 1.11 bits per heavy atom. The molecule has 0 saturated carbocycles. The van der Waals surface area contributed by atoms with Crippen molar-refractivity contribution in [1.29, 1.82) is 0 Å². The molecule has 3 rings (SSSR count). The summed E-state index contributed by atoms with van der Waals surface area (Å²) in [6.45, 7) is 2.30. The van der Waals surface area contributed by atoms with E-state index in [1.807, 2.05) is 0 Å². The predicted molar refractivity (Wildman–Crippen MR) is 97.6 cm³/mol. The molecule has 0 unspecified atom stereocenters. The van der Waals surface area contributed by atoms with Gasteiger partial charge in [0.2, 0.25) is 0 Å². The lowest BCUT2D eigenvalue weighted by Crippen LogP contribution is -2.30. The number of halogens is 1. The molecule has 2 aromatic carbocycles. The van der Waals surface area contributed by atoms with Crippen molar-refractivity contribution in [3.8, 4) is 11.5 Å². The van der Waals surface area contributed by atoms with Gasteiger partial charge in [0.1, 0.15) is 18.1 Å². The number of nitrogens with one attached hydrogen (secondary N) is 1. The monoisotopic (exact) mass is 370 g/mol. The van der Waals surface area contributed by atoms with Crippen LogP contribution in [0.4, 0.5) is 9.18 Å². The van der Waals surface area contributed by atoms with Crippen LogP contribution in [-0.2, 0) is 11.4 Å². The van der Waals surface area contributed by atoms with Crippen molar-refractivity contribution in [3.63, 3.8) is 0 Å². The topological polar surface area (TPSA) is 67.9 Å². The molecule has 1 heterocycles. The van der Waals surface area contributed by atoms with Crippen molar-refractivity contribution in [3.05, 3.63) is 65.1 Å². The Morgan fingerprint density at radius 3 is 2.48 bits per heavy atom. The minimum Gasteiger partial charge on any atom is -0.493 e. The Bertz CT molecular complexity index is 893. The molecule has 0 atom stereocenters. The summed E-state index contributed by atoms with van der Waals surface area (Å²) in [7, 11) is 1.51. The number of carbonyl (C=O) groups excluding carboxylic acids is 2. The molecular weight excluding hydrogens is 351 g/mol. The fraction of sp³-hybridized carbons (Fsp3) is 0.200. The van der Waals surface area contributed by atoms with Crippen LogP contribution in [0.1, 0.15) is 18.1 Å². The number of benzene rings is 2. The lowest BCUT2D eigenvalue weighted by Gasteiger charge is -2.11. The fourth-order valence-corrected chi connectivity index (χ4v) is 2.66. The maximum Gasteiger partial charge on any atom is 0.328 e. The highest BCUT2D eigenvalue weighted by atomic mass is 19.1. The number of rotatable bonds is 6. The molecule has 1 aliphatic rings. The van der Waals surface area contributed by atoms with Crippen LogP contribution >= 0.6 is 0 Å². The molecule has 27 heavy (non-hydrogen) atoms. The summed E-state index contributed by atoms with van der Waals surface area (Å²) in [6, 6.07) is 10.8. The highest BCUT2D eigenvalue weighted by Gasteiger charge is 2.31. The van der Waals surface area contributed by atoms with Gasteiger partial charge in [0.05, 0.1) is 7.11 Å². The number of nitrogens with zero attached hydrogens (tertiary/aromatic N) is 1. The van der Waals surface area contributed by atoms with E-state index in [2.05, 4.69) is 5.32 Å². The molecule has 1 saturated heterocycles. The molecule has 140 valence electrons. The SMILES string of the molecule is CCN1C(=O)N/C(=C/c2ccc(OCc3ccc(F)cc3)c(OC)c2)C1=O. The molecule has 0 spiro atoms. The zero-order valence-corrected chi connectivity index (χ0v) is 15.0. The van der Waals surface area contributed by atoms with Gasteiger partial charge in [0, 0.05) is 6.54 Å². The third kappa shape index (κ3) is 4.08. The standard InChI is InChI=1S/C20H19FN2O4/c1-3-23-19(24)16(22-20(23)25)10-14-6-9-17(18(11-14)26-2)27-12-13-4-7-15(21)8-5-13/h4-11H,3,12H2,1-2H3,(H,22,25)/b16-10+. The molecule has 1 fully saturated rings. The number of imide groups is 1. The van der Waals surface area contributed by atoms with Crippen molar-refractivity contribution in [2.75, 3.05) is 13.7 Å². The Balaban J connectivity index is 1.76. The van der Waals surface area contributed by atoms with Gasteiger partial charge < -0.3 is 14.8 Å². The smallest absolute Gasteiger partial charge is 0.328 e.